The van der Waals surface area contributed by atoms with Gasteiger partial charge in [0.05, 0.1) is 29.6 Å². The number of ether oxygens (including phenoxy) is 3. The predicted octanol–water partition coefficient (Wildman–Crippen LogP) is 6.72. The molecule has 0 aliphatic heterocycles. The topological polar surface area (TPSA) is 69.2 Å². The molecule has 0 aliphatic carbocycles. The first-order valence-electron chi connectivity index (χ1n) is 9.43. The highest BCUT2D eigenvalue weighted by Crippen LogP contribution is 2.35. The molecule has 0 heterocycles. The second-order valence-corrected chi connectivity index (χ2v) is 9.52. The number of carbonyl (C=O) groups is 1. The number of nitrogens with zero attached hydrogens (tertiary/aromatic N) is 1. The Balaban J connectivity index is 1.73. The van der Waals surface area contributed by atoms with E-state index in [2.05, 4.69) is 49.0 Å². The van der Waals surface area contributed by atoms with E-state index in [4.69, 9.17) is 37.4 Å². The summed E-state index contributed by atoms with van der Waals surface area (Å²) in [6.45, 7) is 0.250. The summed E-state index contributed by atoms with van der Waals surface area (Å²) in [4.78, 5) is 12.5. The van der Waals surface area contributed by atoms with Crippen molar-refractivity contribution in [3.63, 3.8) is 0 Å². The fourth-order valence-corrected chi connectivity index (χ4v) is 4.43. The molecule has 3 aromatic rings. The lowest BCUT2D eigenvalue weighted by atomic mass is 10.2. The lowest BCUT2D eigenvalue weighted by Gasteiger charge is -2.14. The van der Waals surface area contributed by atoms with Crippen LogP contribution in [0.15, 0.2) is 58.1 Å². The van der Waals surface area contributed by atoms with Gasteiger partial charge in [-0.3, -0.25) is 4.79 Å². The van der Waals surface area contributed by atoms with E-state index >= 15 is 0 Å². The summed E-state index contributed by atoms with van der Waals surface area (Å²) < 4.78 is 18.2. The van der Waals surface area contributed by atoms with E-state index in [1.807, 2.05) is 12.1 Å². The molecule has 10 heteroatoms. The van der Waals surface area contributed by atoms with Gasteiger partial charge in [-0.05, 0) is 70.6 Å². The molecule has 1 N–H and O–H groups in total. The third kappa shape index (κ3) is 6.75. The number of carbonyl (C=O) groups excluding carboxylic acids is 1. The number of halogens is 4. The molecule has 0 unspecified atom stereocenters. The summed E-state index contributed by atoms with van der Waals surface area (Å²) in [6.07, 6.45) is 1.52. The molecule has 0 radical (unpaired) electrons. The minimum absolute atomic E-state index is 0.250. The molecule has 0 saturated carbocycles. The van der Waals surface area contributed by atoms with E-state index < -0.39 is 5.91 Å². The predicted molar refractivity (Wildman–Crippen MR) is 142 cm³/mol. The van der Waals surface area contributed by atoms with Crippen molar-refractivity contribution in [2.45, 2.75) is 6.61 Å². The van der Waals surface area contributed by atoms with E-state index in [0.717, 1.165) is 19.2 Å². The van der Waals surface area contributed by atoms with Gasteiger partial charge in [-0.15, -0.1) is 0 Å². The SMILES string of the molecule is COc1ccc(Br)cc1C(=O)N/N=C\c1cc(I)c(OCc2ccc(Cl)cc2Cl)c(OC)c1. The second-order valence-electron chi connectivity index (χ2n) is 6.60. The Labute approximate surface area is 223 Å². The van der Waals surface area contributed by atoms with Gasteiger partial charge in [0, 0.05) is 20.1 Å². The van der Waals surface area contributed by atoms with Crippen LogP contribution < -0.4 is 19.6 Å². The number of rotatable bonds is 8. The van der Waals surface area contributed by atoms with Crippen molar-refractivity contribution in [3.05, 3.63) is 83.3 Å². The van der Waals surface area contributed by atoms with Crippen LogP contribution in [0.2, 0.25) is 10.0 Å². The van der Waals surface area contributed by atoms with E-state index in [9.17, 15) is 4.79 Å². The zero-order valence-corrected chi connectivity index (χ0v) is 22.8. The molecule has 3 aromatic carbocycles. The van der Waals surface area contributed by atoms with Crippen molar-refractivity contribution in [1.82, 2.24) is 5.43 Å². The molecular formula is C23H18BrCl2IN2O4. The third-order valence-electron chi connectivity index (χ3n) is 4.42. The molecule has 0 atom stereocenters. The summed E-state index contributed by atoms with van der Waals surface area (Å²) in [7, 11) is 3.05. The van der Waals surface area contributed by atoms with Crippen LogP contribution in [0.5, 0.6) is 17.2 Å². The van der Waals surface area contributed by atoms with Crippen LogP contribution in [-0.4, -0.2) is 26.3 Å². The molecule has 0 aromatic heterocycles. The molecule has 172 valence electrons. The van der Waals surface area contributed by atoms with E-state index in [1.54, 1.807) is 43.5 Å². The molecule has 0 saturated heterocycles. The zero-order valence-electron chi connectivity index (χ0n) is 17.5. The Morgan fingerprint density at radius 3 is 2.55 bits per heavy atom. The highest BCUT2D eigenvalue weighted by atomic mass is 127. The second kappa shape index (κ2) is 11.9. The normalized spacial score (nSPS) is 10.8. The van der Waals surface area contributed by atoms with Gasteiger partial charge in [0.25, 0.3) is 5.91 Å². The van der Waals surface area contributed by atoms with Crippen LogP contribution >= 0.6 is 61.7 Å². The van der Waals surface area contributed by atoms with Crippen molar-refractivity contribution in [2.24, 2.45) is 5.10 Å². The molecule has 0 aliphatic rings. The summed E-state index contributed by atoms with van der Waals surface area (Å²) in [5, 5.41) is 5.14. The highest BCUT2D eigenvalue weighted by Gasteiger charge is 2.14. The van der Waals surface area contributed by atoms with Crippen molar-refractivity contribution in [1.29, 1.82) is 0 Å². The van der Waals surface area contributed by atoms with Gasteiger partial charge in [-0.1, -0.05) is 45.2 Å². The van der Waals surface area contributed by atoms with Gasteiger partial charge < -0.3 is 14.2 Å². The summed E-state index contributed by atoms with van der Waals surface area (Å²) >= 11 is 17.7. The number of amides is 1. The van der Waals surface area contributed by atoms with E-state index in [1.165, 1.54) is 13.3 Å². The fraction of sp³-hybridized carbons (Fsp3) is 0.130. The Bertz CT molecular complexity index is 1210. The Morgan fingerprint density at radius 1 is 1.09 bits per heavy atom. The summed E-state index contributed by atoms with van der Waals surface area (Å²) in [5.41, 5.74) is 4.39. The van der Waals surface area contributed by atoms with E-state index in [0.29, 0.717) is 32.9 Å². The minimum atomic E-state index is -0.397. The number of hydrazone groups is 1. The zero-order chi connectivity index (χ0) is 24.0. The average molecular weight is 664 g/mol. The fourth-order valence-electron chi connectivity index (χ4n) is 2.83. The molecule has 3 rings (SSSR count). The van der Waals surface area contributed by atoms with Crippen LogP contribution in [0.4, 0.5) is 0 Å². The van der Waals surface area contributed by atoms with Crippen LogP contribution in [0, 0.1) is 3.57 Å². The highest BCUT2D eigenvalue weighted by molar-refractivity contribution is 14.1. The number of methoxy groups -OCH3 is 2. The maximum atomic E-state index is 12.5. The van der Waals surface area contributed by atoms with Crippen molar-refractivity contribution in [3.8, 4) is 17.2 Å². The van der Waals surface area contributed by atoms with Gasteiger partial charge in [-0.25, -0.2) is 5.43 Å². The Hall–Kier alpha value is -2.01. The molecule has 0 bridgehead atoms. The van der Waals surface area contributed by atoms with Crippen molar-refractivity contribution < 1.29 is 19.0 Å². The van der Waals surface area contributed by atoms with Crippen LogP contribution in [-0.2, 0) is 6.61 Å². The maximum absolute atomic E-state index is 12.5. The van der Waals surface area contributed by atoms with Crippen LogP contribution in [0.3, 0.4) is 0 Å². The maximum Gasteiger partial charge on any atom is 0.275 e. The van der Waals surface area contributed by atoms with E-state index in [-0.39, 0.29) is 6.61 Å². The lowest BCUT2D eigenvalue weighted by molar-refractivity contribution is 0.0952. The van der Waals surface area contributed by atoms with Gasteiger partial charge >= 0.3 is 0 Å². The average Bonchev–Trinajstić information content (AvgIpc) is 2.79. The number of hydrogen-bond acceptors (Lipinski definition) is 5. The monoisotopic (exact) mass is 662 g/mol. The number of nitrogens with one attached hydrogen (secondary N) is 1. The molecule has 1 amide bonds. The first-order valence-corrected chi connectivity index (χ1v) is 12.1. The molecule has 33 heavy (non-hydrogen) atoms. The van der Waals surface area contributed by atoms with Crippen molar-refractivity contribution in [2.75, 3.05) is 14.2 Å². The quantitative estimate of drug-likeness (QED) is 0.165. The van der Waals surface area contributed by atoms with Gasteiger partial charge in [-0.2, -0.15) is 5.10 Å². The number of benzene rings is 3. The van der Waals surface area contributed by atoms with Crippen LogP contribution in [0.25, 0.3) is 0 Å². The first kappa shape index (κ1) is 25.6. The minimum Gasteiger partial charge on any atom is -0.496 e. The third-order valence-corrected chi connectivity index (χ3v) is 6.31. The standard InChI is InChI=1S/C23H18BrCl2IN2O4/c1-31-20-6-4-15(24)9-17(20)23(30)29-28-11-13-7-19(27)22(21(8-13)32-2)33-12-14-3-5-16(25)10-18(14)26/h3-11H,12H2,1-2H3,(H,29,30)/b28-11-. The van der Waals surface area contributed by atoms with Gasteiger partial charge in [0.1, 0.15) is 12.4 Å². The number of hydrogen-bond donors (Lipinski definition) is 1. The smallest absolute Gasteiger partial charge is 0.275 e. The lowest BCUT2D eigenvalue weighted by Crippen LogP contribution is -2.18. The molecular weight excluding hydrogens is 646 g/mol. The van der Waals surface area contributed by atoms with Gasteiger partial charge in [0.15, 0.2) is 11.5 Å². The molecule has 6 nitrogen and oxygen atoms in total. The van der Waals surface area contributed by atoms with Crippen LogP contribution in [0.1, 0.15) is 21.5 Å². The first-order chi connectivity index (χ1) is 15.8. The Morgan fingerprint density at radius 2 is 1.85 bits per heavy atom. The summed E-state index contributed by atoms with van der Waals surface area (Å²) in [6, 6.07) is 14.0. The Kier molecular flexibility index (Phi) is 9.25. The largest absolute Gasteiger partial charge is 0.496 e. The molecule has 0 spiro atoms. The molecule has 0 fully saturated rings. The summed E-state index contributed by atoms with van der Waals surface area (Å²) in [5.74, 6) is 1.15. The van der Waals surface area contributed by atoms with Gasteiger partial charge in [0.2, 0.25) is 0 Å². The van der Waals surface area contributed by atoms with Crippen molar-refractivity contribution >= 4 is 73.8 Å².